The zero-order valence-electron chi connectivity index (χ0n) is 14.7. The van der Waals surface area contributed by atoms with E-state index in [4.69, 9.17) is 9.47 Å². The van der Waals surface area contributed by atoms with E-state index in [0.717, 1.165) is 34.1 Å². The second-order valence-corrected chi connectivity index (χ2v) is 5.43. The van der Waals surface area contributed by atoms with Crippen LogP contribution in [0.25, 0.3) is 0 Å². The number of aliphatic imine (C=N–C) groups is 1. The number of aryl methyl sites for hydroxylation is 1. The topological polar surface area (TPSA) is 54.9 Å². The Balaban J connectivity index is 1.90. The first kappa shape index (κ1) is 17.7. The number of hydrogen-bond donors (Lipinski definition) is 2. The average Bonchev–Trinajstić information content (AvgIpc) is 2.63. The largest absolute Gasteiger partial charge is 0.497 e. The van der Waals surface area contributed by atoms with Crippen molar-refractivity contribution in [2.45, 2.75) is 20.0 Å². The van der Waals surface area contributed by atoms with Crippen LogP contribution in [0.3, 0.4) is 0 Å². The first-order valence-electron chi connectivity index (χ1n) is 7.87. The normalized spacial score (nSPS) is 11.1. The Morgan fingerprint density at radius 1 is 0.958 bits per heavy atom. The van der Waals surface area contributed by atoms with Crippen molar-refractivity contribution >= 4 is 5.96 Å². The molecule has 0 saturated heterocycles. The smallest absolute Gasteiger partial charge is 0.191 e. The van der Waals surface area contributed by atoms with Gasteiger partial charge in [0.25, 0.3) is 0 Å². The minimum absolute atomic E-state index is 0.675. The predicted octanol–water partition coefficient (Wildman–Crippen LogP) is 2.88. The van der Waals surface area contributed by atoms with E-state index >= 15 is 0 Å². The summed E-state index contributed by atoms with van der Waals surface area (Å²) in [5.41, 5.74) is 3.40. The fourth-order valence-electron chi connectivity index (χ4n) is 2.35. The first-order valence-corrected chi connectivity index (χ1v) is 7.87. The molecule has 0 heterocycles. The van der Waals surface area contributed by atoms with Gasteiger partial charge < -0.3 is 20.1 Å². The second kappa shape index (κ2) is 8.82. The Bertz CT molecular complexity index is 699. The van der Waals surface area contributed by atoms with E-state index in [1.165, 1.54) is 0 Å². The van der Waals surface area contributed by atoms with Gasteiger partial charge in [0, 0.05) is 20.1 Å². The summed E-state index contributed by atoms with van der Waals surface area (Å²) in [5, 5.41) is 6.61. The van der Waals surface area contributed by atoms with Crippen LogP contribution in [0, 0.1) is 6.92 Å². The maximum Gasteiger partial charge on any atom is 0.191 e. The number of guanidine groups is 1. The zero-order valence-corrected chi connectivity index (χ0v) is 14.7. The van der Waals surface area contributed by atoms with Gasteiger partial charge in [-0.3, -0.25) is 4.99 Å². The van der Waals surface area contributed by atoms with E-state index in [0.29, 0.717) is 13.1 Å². The molecule has 0 amide bonds. The molecule has 0 aromatic heterocycles. The number of nitrogens with one attached hydrogen (secondary N) is 2. The molecule has 5 heteroatoms. The van der Waals surface area contributed by atoms with E-state index in [1.54, 1.807) is 21.3 Å². The molecule has 2 aromatic rings. The van der Waals surface area contributed by atoms with E-state index in [-0.39, 0.29) is 0 Å². The van der Waals surface area contributed by atoms with Crippen molar-refractivity contribution in [2.75, 3.05) is 21.3 Å². The minimum atomic E-state index is 0.675. The number of hydrogen-bond acceptors (Lipinski definition) is 3. The Morgan fingerprint density at radius 2 is 1.67 bits per heavy atom. The summed E-state index contributed by atoms with van der Waals surface area (Å²) in [5.74, 6) is 2.50. The molecule has 2 N–H and O–H groups in total. The third kappa shape index (κ3) is 4.91. The van der Waals surface area contributed by atoms with Crippen molar-refractivity contribution in [1.29, 1.82) is 0 Å². The van der Waals surface area contributed by atoms with Gasteiger partial charge in [-0.2, -0.15) is 0 Å². The summed E-state index contributed by atoms with van der Waals surface area (Å²) in [7, 11) is 5.12. The van der Waals surface area contributed by atoms with Crippen molar-refractivity contribution in [3.8, 4) is 11.5 Å². The van der Waals surface area contributed by atoms with Gasteiger partial charge >= 0.3 is 0 Å². The monoisotopic (exact) mass is 327 g/mol. The van der Waals surface area contributed by atoms with E-state index < -0.39 is 0 Å². The van der Waals surface area contributed by atoms with Gasteiger partial charge in [-0.25, -0.2) is 0 Å². The molecule has 2 rings (SSSR count). The minimum Gasteiger partial charge on any atom is -0.497 e. The molecule has 5 nitrogen and oxygen atoms in total. The van der Waals surface area contributed by atoms with Crippen LogP contribution in [0.2, 0.25) is 0 Å². The van der Waals surface area contributed by atoms with E-state index in [1.807, 2.05) is 37.3 Å². The standard InChI is InChI=1S/C19H25N3O2/c1-14-8-9-16(11-18(14)24-4)13-22-19(20-2)21-12-15-6-5-7-17(10-15)23-3/h5-11H,12-13H2,1-4H3,(H2,20,21,22). The number of nitrogens with zero attached hydrogens (tertiary/aromatic N) is 1. The van der Waals surface area contributed by atoms with Gasteiger partial charge in [0.15, 0.2) is 5.96 Å². The lowest BCUT2D eigenvalue weighted by atomic mass is 10.1. The molecule has 0 saturated carbocycles. The third-order valence-electron chi connectivity index (χ3n) is 3.75. The highest BCUT2D eigenvalue weighted by atomic mass is 16.5. The Kier molecular flexibility index (Phi) is 6.49. The van der Waals surface area contributed by atoms with Crippen LogP contribution in [-0.4, -0.2) is 27.2 Å². The number of rotatable bonds is 6. The highest BCUT2D eigenvalue weighted by Gasteiger charge is 2.03. The fourth-order valence-corrected chi connectivity index (χ4v) is 2.35. The van der Waals surface area contributed by atoms with Crippen LogP contribution >= 0.6 is 0 Å². The summed E-state index contributed by atoms with van der Waals surface area (Å²) in [4.78, 5) is 4.25. The van der Waals surface area contributed by atoms with Crippen LogP contribution in [-0.2, 0) is 13.1 Å². The summed E-state index contributed by atoms with van der Waals surface area (Å²) in [6.45, 7) is 3.38. The van der Waals surface area contributed by atoms with Gasteiger partial charge in [0.1, 0.15) is 11.5 Å². The van der Waals surface area contributed by atoms with Gasteiger partial charge in [0.2, 0.25) is 0 Å². The lowest BCUT2D eigenvalue weighted by Gasteiger charge is -2.13. The van der Waals surface area contributed by atoms with E-state index in [9.17, 15) is 0 Å². The maximum absolute atomic E-state index is 5.36. The zero-order chi connectivity index (χ0) is 17.4. The molecular formula is C19H25N3O2. The highest BCUT2D eigenvalue weighted by molar-refractivity contribution is 5.79. The van der Waals surface area contributed by atoms with Crippen molar-refractivity contribution < 1.29 is 9.47 Å². The van der Waals surface area contributed by atoms with Crippen LogP contribution in [0.4, 0.5) is 0 Å². The molecule has 0 unspecified atom stereocenters. The van der Waals surface area contributed by atoms with Crippen LogP contribution in [0.1, 0.15) is 16.7 Å². The summed E-state index contributed by atoms with van der Waals surface area (Å²) < 4.78 is 10.6. The molecule has 0 spiro atoms. The van der Waals surface area contributed by atoms with Crippen LogP contribution < -0.4 is 20.1 Å². The average molecular weight is 327 g/mol. The van der Waals surface area contributed by atoms with Crippen molar-refractivity contribution in [3.05, 3.63) is 59.2 Å². The Hall–Kier alpha value is -2.69. The quantitative estimate of drug-likeness (QED) is 0.633. The Morgan fingerprint density at radius 3 is 2.29 bits per heavy atom. The molecule has 2 aromatic carbocycles. The molecule has 0 fully saturated rings. The lowest BCUT2D eigenvalue weighted by molar-refractivity contribution is 0.411. The molecule has 24 heavy (non-hydrogen) atoms. The second-order valence-electron chi connectivity index (χ2n) is 5.43. The maximum atomic E-state index is 5.36. The van der Waals surface area contributed by atoms with Crippen molar-refractivity contribution in [3.63, 3.8) is 0 Å². The first-order chi connectivity index (χ1) is 11.7. The lowest BCUT2D eigenvalue weighted by Crippen LogP contribution is -2.36. The fraction of sp³-hybridized carbons (Fsp3) is 0.316. The number of ether oxygens (including phenoxy) is 2. The molecule has 0 bridgehead atoms. The SMILES string of the molecule is CN=C(NCc1cccc(OC)c1)NCc1ccc(C)c(OC)c1. The van der Waals surface area contributed by atoms with Crippen molar-refractivity contribution in [1.82, 2.24) is 10.6 Å². The van der Waals surface area contributed by atoms with E-state index in [2.05, 4.69) is 27.8 Å². The third-order valence-corrected chi connectivity index (χ3v) is 3.75. The summed E-state index contributed by atoms with van der Waals surface area (Å²) in [6, 6.07) is 14.1. The summed E-state index contributed by atoms with van der Waals surface area (Å²) in [6.07, 6.45) is 0. The molecular weight excluding hydrogens is 302 g/mol. The molecule has 128 valence electrons. The highest BCUT2D eigenvalue weighted by Crippen LogP contribution is 2.18. The number of benzene rings is 2. The molecule has 0 radical (unpaired) electrons. The van der Waals surface area contributed by atoms with Gasteiger partial charge in [-0.05, 0) is 41.8 Å². The molecule has 0 aliphatic heterocycles. The van der Waals surface area contributed by atoms with Gasteiger partial charge in [-0.1, -0.05) is 24.3 Å². The number of methoxy groups -OCH3 is 2. The predicted molar refractivity (Wildman–Crippen MR) is 97.8 cm³/mol. The van der Waals surface area contributed by atoms with Crippen molar-refractivity contribution in [2.24, 2.45) is 4.99 Å². The van der Waals surface area contributed by atoms with Gasteiger partial charge in [0.05, 0.1) is 14.2 Å². The van der Waals surface area contributed by atoms with Crippen LogP contribution in [0.15, 0.2) is 47.5 Å². The van der Waals surface area contributed by atoms with Crippen LogP contribution in [0.5, 0.6) is 11.5 Å². The molecule has 0 aliphatic rings. The molecule has 0 atom stereocenters. The Labute approximate surface area is 143 Å². The van der Waals surface area contributed by atoms with Gasteiger partial charge in [-0.15, -0.1) is 0 Å². The summed E-state index contributed by atoms with van der Waals surface area (Å²) >= 11 is 0. The molecule has 0 aliphatic carbocycles.